The van der Waals surface area contributed by atoms with Crippen LogP contribution in [0.4, 0.5) is 5.69 Å². The van der Waals surface area contributed by atoms with E-state index in [2.05, 4.69) is 5.32 Å². The number of non-ortho nitro benzene ring substituents is 1. The molecule has 1 heterocycles. The van der Waals surface area contributed by atoms with Crippen LogP contribution in [-0.2, 0) is 6.54 Å². The first kappa shape index (κ1) is 14.3. The summed E-state index contributed by atoms with van der Waals surface area (Å²) in [6, 6.07) is 14.1. The average molecular weight is 300 g/mol. The summed E-state index contributed by atoms with van der Waals surface area (Å²) in [4.78, 5) is 10.2. The molecule has 0 aromatic heterocycles. The molecule has 1 N–H and O–H groups in total. The summed E-state index contributed by atoms with van der Waals surface area (Å²) in [6.45, 7) is 1.77. The fraction of sp³-hybridized carbons (Fsp3) is 0.250. The second kappa shape index (κ2) is 6.44. The van der Waals surface area contributed by atoms with E-state index in [0.717, 1.165) is 17.1 Å². The summed E-state index contributed by atoms with van der Waals surface area (Å²) in [5.41, 5.74) is 1.09. The first-order valence-electron chi connectivity index (χ1n) is 7.05. The van der Waals surface area contributed by atoms with Crippen LogP contribution in [0.2, 0.25) is 0 Å². The van der Waals surface area contributed by atoms with Crippen molar-refractivity contribution >= 4 is 5.69 Å². The molecule has 0 amide bonds. The molecule has 6 heteroatoms. The topological polar surface area (TPSA) is 73.6 Å². The number of nitrogens with one attached hydrogen (secondary N) is 1. The number of benzene rings is 2. The van der Waals surface area contributed by atoms with Gasteiger partial charge in [0.15, 0.2) is 11.5 Å². The Morgan fingerprint density at radius 3 is 2.59 bits per heavy atom. The Balaban J connectivity index is 1.49. The first-order valence-corrected chi connectivity index (χ1v) is 7.05. The zero-order chi connectivity index (χ0) is 15.4. The fourth-order valence-corrected chi connectivity index (χ4v) is 2.28. The van der Waals surface area contributed by atoms with Gasteiger partial charge in [-0.1, -0.05) is 24.3 Å². The summed E-state index contributed by atoms with van der Waals surface area (Å²) in [7, 11) is 0. The number of nitrogens with zero attached hydrogens (tertiary/aromatic N) is 1. The Bertz CT molecular complexity index is 657. The molecule has 3 rings (SSSR count). The standard InChI is InChI=1S/C16H16N2O4/c19-18(20)13-7-5-12(6-8-13)9-17-10-14-11-21-15-3-1-2-4-16(15)22-14/h1-8,14,17H,9-11H2. The van der Waals surface area contributed by atoms with Crippen molar-refractivity contribution in [2.45, 2.75) is 12.6 Å². The number of fused-ring (bicyclic) bond motifs is 1. The minimum absolute atomic E-state index is 0.0482. The smallest absolute Gasteiger partial charge is 0.269 e. The average Bonchev–Trinajstić information content (AvgIpc) is 2.55. The molecule has 22 heavy (non-hydrogen) atoms. The highest BCUT2D eigenvalue weighted by Gasteiger charge is 2.19. The minimum Gasteiger partial charge on any atom is -0.486 e. The third-order valence-electron chi connectivity index (χ3n) is 3.42. The molecular weight excluding hydrogens is 284 g/mol. The molecule has 0 aliphatic carbocycles. The number of nitro groups is 1. The van der Waals surface area contributed by atoms with E-state index in [1.165, 1.54) is 12.1 Å². The van der Waals surface area contributed by atoms with Gasteiger partial charge in [-0.2, -0.15) is 0 Å². The first-order chi connectivity index (χ1) is 10.7. The third-order valence-corrected chi connectivity index (χ3v) is 3.42. The molecule has 0 bridgehead atoms. The van der Waals surface area contributed by atoms with Crippen molar-refractivity contribution in [2.24, 2.45) is 0 Å². The Morgan fingerprint density at radius 1 is 1.14 bits per heavy atom. The van der Waals surface area contributed by atoms with Gasteiger partial charge in [0.1, 0.15) is 12.7 Å². The van der Waals surface area contributed by atoms with Crippen LogP contribution in [0.5, 0.6) is 11.5 Å². The van der Waals surface area contributed by atoms with Crippen LogP contribution in [0.15, 0.2) is 48.5 Å². The molecule has 1 aliphatic heterocycles. The van der Waals surface area contributed by atoms with Gasteiger partial charge in [-0.25, -0.2) is 0 Å². The molecule has 1 atom stereocenters. The van der Waals surface area contributed by atoms with Gasteiger partial charge < -0.3 is 14.8 Å². The Hall–Kier alpha value is -2.60. The lowest BCUT2D eigenvalue weighted by Crippen LogP contribution is -2.38. The van der Waals surface area contributed by atoms with Crippen LogP contribution in [-0.4, -0.2) is 24.2 Å². The molecule has 0 spiro atoms. The Kier molecular flexibility index (Phi) is 4.20. The van der Waals surface area contributed by atoms with Gasteiger partial charge in [-0.15, -0.1) is 0 Å². The number of hydrogen-bond acceptors (Lipinski definition) is 5. The number of ether oxygens (including phenoxy) is 2. The summed E-state index contributed by atoms with van der Waals surface area (Å²) in [5.74, 6) is 1.53. The zero-order valence-electron chi connectivity index (χ0n) is 11.9. The summed E-state index contributed by atoms with van der Waals surface area (Å²) >= 11 is 0. The van der Waals surface area contributed by atoms with Crippen molar-refractivity contribution in [3.63, 3.8) is 0 Å². The lowest BCUT2D eigenvalue weighted by Gasteiger charge is -2.26. The number of para-hydroxylation sites is 2. The molecule has 6 nitrogen and oxygen atoms in total. The Labute approximate surface area is 127 Å². The zero-order valence-corrected chi connectivity index (χ0v) is 11.9. The van der Waals surface area contributed by atoms with E-state index >= 15 is 0 Å². The van der Waals surface area contributed by atoms with E-state index in [4.69, 9.17) is 9.47 Å². The highest BCUT2D eigenvalue weighted by Crippen LogP contribution is 2.30. The van der Waals surface area contributed by atoms with Crippen molar-refractivity contribution in [3.8, 4) is 11.5 Å². The van der Waals surface area contributed by atoms with Crippen molar-refractivity contribution in [1.29, 1.82) is 0 Å². The Morgan fingerprint density at radius 2 is 1.86 bits per heavy atom. The van der Waals surface area contributed by atoms with Crippen molar-refractivity contribution in [3.05, 3.63) is 64.2 Å². The highest BCUT2D eigenvalue weighted by atomic mass is 16.6. The predicted molar refractivity (Wildman–Crippen MR) is 81.2 cm³/mol. The van der Waals surface area contributed by atoms with E-state index in [-0.39, 0.29) is 11.8 Å². The molecule has 2 aromatic rings. The van der Waals surface area contributed by atoms with Crippen LogP contribution < -0.4 is 14.8 Å². The number of nitro benzene ring substituents is 1. The normalized spacial score (nSPS) is 16.3. The van der Waals surface area contributed by atoms with E-state index in [1.807, 2.05) is 24.3 Å². The van der Waals surface area contributed by atoms with Crippen molar-refractivity contribution in [1.82, 2.24) is 5.32 Å². The van der Waals surface area contributed by atoms with Gasteiger partial charge in [-0.3, -0.25) is 10.1 Å². The van der Waals surface area contributed by atoms with Gasteiger partial charge in [0.25, 0.3) is 5.69 Å². The summed E-state index contributed by atoms with van der Waals surface area (Å²) in [5, 5.41) is 13.9. The largest absolute Gasteiger partial charge is 0.486 e. The van der Waals surface area contributed by atoms with Crippen LogP contribution in [0.3, 0.4) is 0 Å². The molecule has 1 unspecified atom stereocenters. The van der Waals surface area contributed by atoms with Gasteiger partial charge in [0, 0.05) is 25.2 Å². The van der Waals surface area contributed by atoms with E-state index in [9.17, 15) is 10.1 Å². The van der Waals surface area contributed by atoms with Crippen LogP contribution in [0, 0.1) is 10.1 Å². The minimum atomic E-state index is -0.401. The lowest BCUT2D eigenvalue weighted by atomic mass is 10.2. The highest BCUT2D eigenvalue weighted by molar-refractivity contribution is 5.40. The predicted octanol–water partition coefficient (Wildman–Crippen LogP) is 2.52. The number of hydrogen-bond donors (Lipinski definition) is 1. The fourth-order valence-electron chi connectivity index (χ4n) is 2.28. The van der Waals surface area contributed by atoms with Gasteiger partial charge >= 0.3 is 0 Å². The van der Waals surface area contributed by atoms with Crippen molar-refractivity contribution in [2.75, 3.05) is 13.2 Å². The summed E-state index contributed by atoms with van der Waals surface area (Å²) in [6.07, 6.45) is -0.0482. The third kappa shape index (κ3) is 3.35. The van der Waals surface area contributed by atoms with Crippen molar-refractivity contribution < 1.29 is 14.4 Å². The van der Waals surface area contributed by atoms with Crippen LogP contribution in [0.1, 0.15) is 5.56 Å². The molecule has 114 valence electrons. The maximum absolute atomic E-state index is 10.6. The van der Waals surface area contributed by atoms with Gasteiger partial charge in [0.05, 0.1) is 4.92 Å². The maximum Gasteiger partial charge on any atom is 0.269 e. The molecule has 1 aliphatic rings. The lowest BCUT2D eigenvalue weighted by molar-refractivity contribution is -0.384. The quantitative estimate of drug-likeness (QED) is 0.678. The molecule has 2 aromatic carbocycles. The van der Waals surface area contributed by atoms with Crippen LogP contribution in [0.25, 0.3) is 0 Å². The summed E-state index contributed by atoms with van der Waals surface area (Å²) < 4.78 is 11.5. The second-order valence-electron chi connectivity index (χ2n) is 5.05. The molecule has 0 fully saturated rings. The van der Waals surface area contributed by atoms with Gasteiger partial charge in [0.2, 0.25) is 0 Å². The molecular formula is C16H16N2O4. The van der Waals surface area contributed by atoms with E-state index in [0.29, 0.717) is 19.7 Å². The SMILES string of the molecule is O=[N+]([O-])c1ccc(CNCC2COc3ccccc3O2)cc1. The maximum atomic E-state index is 10.6. The molecule has 0 saturated heterocycles. The second-order valence-corrected chi connectivity index (χ2v) is 5.05. The number of rotatable bonds is 5. The van der Waals surface area contributed by atoms with Gasteiger partial charge in [-0.05, 0) is 17.7 Å². The van der Waals surface area contributed by atoms with Crippen LogP contribution >= 0.6 is 0 Å². The monoisotopic (exact) mass is 300 g/mol. The van der Waals surface area contributed by atoms with E-state index in [1.54, 1.807) is 12.1 Å². The molecule has 0 radical (unpaired) electrons. The van der Waals surface area contributed by atoms with E-state index < -0.39 is 4.92 Å². The molecule has 0 saturated carbocycles.